The standard InChI is InChI=1S/C20H13BrF3N5O2/c21-15-6-1-2-7-16(15)27-17(30)10-28-11-25-18-14(19(28)31)9-26-29(18)13-5-3-4-12(8-13)20(22,23)24/h1-9,11H,10H2,(H,27,30). The highest BCUT2D eigenvalue weighted by Gasteiger charge is 2.30. The van der Waals surface area contributed by atoms with Gasteiger partial charge in [0.1, 0.15) is 18.3 Å². The Balaban J connectivity index is 1.64. The van der Waals surface area contributed by atoms with E-state index in [0.717, 1.165) is 27.7 Å². The molecule has 11 heteroatoms. The molecule has 0 aliphatic carbocycles. The fourth-order valence-corrected chi connectivity index (χ4v) is 3.36. The van der Waals surface area contributed by atoms with Crippen LogP contribution in [-0.4, -0.2) is 25.2 Å². The fourth-order valence-electron chi connectivity index (χ4n) is 2.97. The predicted octanol–water partition coefficient (Wildman–Crippen LogP) is 4.00. The Hall–Kier alpha value is -3.47. The predicted molar refractivity (Wildman–Crippen MR) is 111 cm³/mol. The van der Waals surface area contributed by atoms with Crippen LogP contribution < -0.4 is 10.9 Å². The number of hydrogen-bond donors (Lipinski definition) is 1. The van der Waals surface area contributed by atoms with Gasteiger partial charge in [-0.05, 0) is 46.3 Å². The number of amides is 1. The number of benzene rings is 2. The maximum absolute atomic E-state index is 13.0. The molecule has 2 heterocycles. The first-order valence-corrected chi connectivity index (χ1v) is 9.68. The average Bonchev–Trinajstić information content (AvgIpc) is 3.16. The summed E-state index contributed by atoms with van der Waals surface area (Å²) in [5, 5.41) is 6.78. The third-order valence-corrected chi connectivity index (χ3v) is 5.13. The summed E-state index contributed by atoms with van der Waals surface area (Å²) in [5.74, 6) is -0.444. The van der Waals surface area contributed by atoms with Gasteiger partial charge in [-0.3, -0.25) is 14.2 Å². The van der Waals surface area contributed by atoms with Crippen molar-refractivity contribution in [3.8, 4) is 5.69 Å². The molecule has 0 aliphatic heterocycles. The van der Waals surface area contributed by atoms with E-state index in [2.05, 4.69) is 31.3 Å². The van der Waals surface area contributed by atoms with E-state index < -0.39 is 23.2 Å². The third-order valence-electron chi connectivity index (χ3n) is 4.43. The maximum Gasteiger partial charge on any atom is 0.416 e. The number of fused-ring (bicyclic) bond motifs is 1. The fraction of sp³-hybridized carbons (Fsp3) is 0.100. The molecule has 0 fully saturated rings. The number of carbonyl (C=O) groups excluding carboxylic acids is 1. The van der Waals surface area contributed by atoms with Gasteiger partial charge in [0.2, 0.25) is 5.91 Å². The zero-order chi connectivity index (χ0) is 22.2. The number of alkyl halides is 3. The molecule has 0 saturated heterocycles. The SMILES string of the molecule is O=C(Cn1cnc2c(cnn2-c2cccc(C(F)(F)F)c2)c1=O)Nc1ccccc1Br. The van der Waals surface area contributed by atoms with Crippen LogP contribution in [-0.2, 0) is 17.5 Å². The molecule has 0 unspecified atom stereocenters. The van der Waals surface area contributed by atoms with Gasteiger partial charge < -0.3 is 5.32 Å². The number of para-hydroxylation sites is 1. The Kier molecular flexibility index (Phi) is 5.36. The second-order valence-corrected chi connectivity index (χ2v) is 7.40. The van der Waals surface area contributed by atoms with Gasteiger partial charge in [0, 0.05) is 4.47 Å². The zero-order valence-corrected chi connectivity index (χ0v) is 17.2. The summed E-state index contributed by atoms with van der Waals surface area (Å²) >= 11 is 3.32. The smallest absolute Gasteiger partial charge is 0.324 e. The van der Waals surface area contributed by atoms with Crippen LogP contribution in [0.1, 0.15) is 5.56 Å². The Bertz CT molecular complexity index is 1350. The molecule has 31 heavy (non-hydrogen) atoms. The van der Waals surface area contributed by atoms with E-state index in [4.69, 9.17) is 0 Å². The lowest BCUT2D eigenvalue weighted by Crippen LogP contribution is -2.28. The molecule has 7 nitrogen and oxygen atoms in total. The van der Waals surface area contributed by atoms with Gasteiger partial charge in [0.05, 0.1) is 23.1 Å². The number of nitrogens with zero attached hydrogens (tertiary/aromatic N) is 4. The molecule has 1 N–H and O–H groups in total. The van der Waals surface area contributed by atoms with Crippen molar-refractivity contribution in [2.24, 2.45) is 0 Å². The minimum atomic E-state index is -4.51. The maximum atomic E-state index is 13.0. The summed E-state index contributed by atoms with van der Waals surface area (Å²) in [6.45, 7) is -0.294. The average molecular weight is 492 g/mol. The summed E-state index contributed by atoms with van der Waals surface area (Å²) in [6, 6.07) is 11.6. The number of anilines is 1. The molecular weight excluding hydrogens is 479 g/mol. The number of halogens is 4. The molecule has 0 bridgehead atoms. The Morgan fingerprint density at radius 3 is 2.65 bits per heavy atom. The summed E-state index contributed by atoms with van der Waals surface area (Å²) in [5.41, 5.74) is -0.629. The second-order valence-electron chi connectivity index (χ2n) is 6.55. The van der Waals surface area contributed by atoms with Gasteiger partial charge in [-0.15, -0.1) is 0 Å². The first kappa shape index (κ1) is 20.8. The van der Waals surface area contributed by atoms with Crippen molar-refractivity contribution in [1.29, 1.82) is 0 Å². The minimum Gasteiger partial charge on any atom is -0.324 e. The summed E-state index contributed by atoms with van der Waals surface area (Å²) in [4.78, 5) is 29.2. The molecule has 158 valence electrons. The van der Waals surface area contributed by atoms with E-state index in [-0.39, 0.29) is 23.3 Å². The van der Waals surface area contributed by atoms with Crippen LogP contribution >= 0.6 is 15.9 Å². The minimum absolute atomic E-state index is 0.0774. The molecule has 2 aromatic heterocycles. The van der Waals surface area contributed by atoms with E-state index in [1.165, 1.54) is 18.3 Å². The van der Waals surface area contributed by atoms with Crippen LogP contribution in [0.15, 0.2) is 70.3 Å². The van der Waals surface area contributed by atoms with Gasteiger partial charge in [-0.25, -0.2) is 9.67 Å². The van der Waals surface area contributed by atoms with Crippen molar-refractivity contribution < 1.29 is 18.0 Å². The molecule has 1 amide bonds. The molecular formula is C20H13BrF3N5O2. The summed E-state index contributed by atoms with van der Waals surface area (Å²) < 4.78 is 42.0. The van der Waals surface area contributed by atoms with Crippen LogP contribution in [0, 0.1) is 0 Å². The van der Waals surface area contributed by atoms with Gasteiger partial charge in [0.15, 0.2) is 5.65 Å². The third kappa shape index (κ3) is 4.22. The quantitative estimate of drug-likeness (QED) is 0.467. The van der Waals surface area contributed by atoms with E-state index in [0.29, 0.717) is 10.2 Å². The van der Waals surface area contributed by atoms with Crippen molar-refractivity contribution in [3.63, 3.8) is 0 Å². The monoisotopic (exact) mass is 491 g/mol. The number of aromatic nitrogens is 4. The Morgan fingerprint density at radius 2 is 1.90 bits per heavy atom. The first-order valence-electron chi connectivity index (χ1n) is 8.89. The lowest BCUT2D eigenvalue weighted by Gasteiger charge is -2.10. The molecule has 4 rings (SSSR count). The van der Waals surface area contributed by atoms with Crippen molar-refractivity contribution >= 4 is 38.6 Å². The van der Waals surface area contributed by atoms with Gasteiger partial charge in [0.25, 0.3) is 5.56 Å². The molecule has 2 aromatic carbocycles. The lowest BCUT2D eigenvalue weighted by atomic mass is 10.2. The van der Waals surface area contributed by atoms with E-state index in [1.807, 2.05) is 0 Å². The highest BCUT2D eigenvalue weighted by molar-refractivity contribution is 9.10. The van der Waals surface area contributed by atoms with Crippen molar-refractivity contribution in [2.45, 2.75) is 12.7 Å². The van der Waals surface area contributed by atoms with Gasteiger partial charge >= 0.3 is 6.18 Å². The Morgan fingerprint density at radius 1 is 1.13 bits per heavy atom. The summed E-state index contributed by atoms with van der Waals surface area (Å²) in [6.07, 6.45) is -2.14. The number of nitrogens with one attached hydrogen (secondary N) is 1. The molecule has 0 spiro atoms. The van der Waals surface area contributed by atoms with Gasteiger partial charge in [-0.2, -0.15) is 18.3 Å². The Labute approximate surface area is 181 Å². The van der Waals surface area contributed by atoms with Crippen LogP contribution in [0.2, 0.25) is 0 Å². The van der Waals surface area contributed by atoms with Crippen LogP contribution in [0.4, 0.5) is 18.9 Å². The van der Waals surface area contributed by atoms with E-state index in [9.17, 15) is 22.8 Å². The first-order chi connectivity index (χ1) is 14.7. The topological polar surface area (TPSA) is 81.8 Å². The number of carbonyl (C=O) groups is 1. The van der Waals surface area contributed by atoms with Crippen LogP contribution in [0.5, 0.6) is 0 Å². The summed E-state index contributed by atoms with van der Waals surface area (Å²) in [7, 11) is 0. The molecule has 0 atom stereocenters. The van der Waals surface area contributed by atoms with Crippen LogP contribution in [0.25, 0.3) is 16.7 Å². The van der Waals surface area contributed by atoms with Crippen molar-refractivity contribution in [1.82, 2.24) is 19.3 Å². The van der Waals surface area contributed by atoms with Gasteiger partial charge in [-0.1, -0.05) is 18.2 Å². The van der Waals surface area contributed by atoms with E-state index in [1.54, 1.807) is 24.3 Å². The zero-order valence-electron chi connectivity index (χ0n) is 15.6. The van der Waals surface area contributed by atoms with Crippen molar-refractivity contribution in [3.05, 3.63) is 81.4 Å². The van der Waals surface area contributed by atoms with Crippen LogP contribution in [0.3, 0.4) is 0 Å². The van der Waals surface area contributed by atoms with E-state index >= 15 is 0 Å². The highest BCUT2D eigenvalue weighted by Crippen LogP contribution is 2.30. The van der Waals surface area contributed by atoms with Crippen molar-refractivity contribution in [2.75, 3.05) is 5.32 Å². The molecule has 0 saturated carbocycles. The molecule has 0 aliphatic rings. The molecule has 4 aromatic rings. The number of rotatable bonds is 4. The highest BCUT2D eigenvalue weighted by atomic mass is 79.9. The largest absolute Gasteiger partial charge is 0.416 e. The number of hydrogen-bond acceptors (Lipinski definition) is 4. The lowest BCUT2D eigenvalue weighted by molar-refractivity contribution is -0.137. The normalized spacial score (nSPS) is 11.6. The second kappa shape index (κ2) is 7.99. The molecule has 0 radical (unpaired) electrons.